The second-order valence-electron chi connectivity index (χ2n) is 17.2. The second kappa shape index (κ2) is 19.8. The molecular weight excluding hydrogens is 691 g/mol. The molecule has 0 spiro atoms. The monoisotopic (exact) mass is 753 g/mol. The topological polar surface area (TPSA) is 181 Å². The van der Waals surface area contributed by atoms with Crippen molar-refractivity contribution in [2.75, 3.05) is 0 Å². The van der Waals surface area contributed by atoms with Gasteiger partial charge in [0.05, 0.1) is 34.8 Å². The van der Waals surface area contributed by atoms with Crippen molar-refractivity contribution in [2.24, 2.45) is 52.5 Å². The number of hydrogen-bond acceptors (Lipinski definition) is 11. The second-order valence-corrected chi connectivity index (χ2v) is 17.2. The van der Waals surface area contributed by atoms with Crippen LogP contribution in [-0.2, 0) is 41.0 Å². The van der Waals surface area contributed by atoms with Gasteiger partial charge in [-0.05, 0) is 25.7 Å². The normalized spacial score (nSPS) is 16.6. The van der Waals surface area contributed by atoms with Gasteiger partial charge in [-0.15, -0.1) is 0 Å². The Kier molecular flexibility index (Phi) is 21.4. The number of hydrogen-bond donors (Lipinski definition) is 0. The number of nitrogens with zero attached hydrogens (tertiary/aromatic N) is 4. The number of aliphatic imine (C=N–C) groups is 4. The average molecular weight is 754 g/mol. The van der Waals surface area contributed by atoms with Crippen LogP contribution < -0.4 is 10.2 Å². The molecule has 0 aromatic rings. The van der Waals surface area contributed by atoms with E-state index in [-0.39, 0.29) is 38.7 Å². The predicted molar refractivity (Wildman–Crippen MR) is 197 cm³/mol. The van der Waals surface area contributed by atoms with Gasteiger partial charge in [0.2, 0.25) is 0 Å². The first-order valence-electron chi connectivity index (χ1n) is 17.0. The molecule has 0 aromatic heterocycles. The van der Waals surface area contributed by atoms with Crippen LogP contribution in [0.1, 0.15) is 150 Å². The van der Waals surface area contributed by atoms with Crippen LogP contribution in [0.25, 0.3) is 0 Å². The number of aliphatic carboxylic acids is 2. The Hall–Kier alpha value is -2.85. The maximum atomic E-state index is 12.0. The van der Waals surface area contributed by atoms with Crippen LogP contribution in [0, 0.1) is 32.5 Å². The molecular formula is C39H62MnN4O7. The zero-order valence-corrected chi connectivity index (χ0v) is 35.5. The molecule has 12 heteroatoms. The fourth-order valence-electron chi connectivity index (χ4n) is 4.93. The van der Waals surface area contributed by atoms with Gasteiger partial charge in [0.25, 0.3) is 20.4 Å². The van der Waals surface area contributed by atoms with Crippen LogP contribution in [0.3, 0.4) is 0 Å². The Morgan fingerprint density at radius 1 is 0.451 bits per heavy atom. The van der Waals surface area contributed by atoms with E-state index in [0.29, 0.717) is 0 Å². The molecule has 0 bridgehead atoms. The van der Waals surface area contributed by atoms with Crippen molar-refractivity contribution in [1.29, 1.82) is 0 Å². The minimum atomic E-state index is -1.53. The first-order chi connectivity index (χ1) is 22.5. The van der Waals surface area contributed by atoms with Gasteiger partial charge < -0.3 is 19.8 Å². The fraction of sp³-hybridized carbons (Fsp3) is 0.769. The molecule has 0 saturated heterocycles. The van der Waals surface area contributed by atoms with Crippen LogP contribution >= 0.6 is 0 Å². The molecule has 0 saturated carbocycles. The molecule has 2 heterocycles. The molecule has 51 heavy (non-hydrogen) atoms. The molecule has 11 nitrogen and oxygen atoms in total. The van der Waals surface area contributed by atoms with Crippen molar-refractivity contribution >= 4 is 55.2 Å². The van der Waals surface area contributed by atoms with Gasteiger partial charge in [0.1, 0.15) is 0 Å². The predicted octanol–water partition coefficient (Wildman–Crippen LogP) is 5.30. The van der Waals surface area contributed by atoms with E-state index in [1.165, 1.54) is 0 Å². The Labute approximate surface area is 319 Å². The van der Waals surface area contributed by atoms with Gasteiger partial charge in [0.15, 0.2) is 11.3 Å². The summed E-state index contributed by atoms with van der Waals surface area (Å²) < 4.78 is 0. The van der Waals surface area contributed by atoms with E-state index in [0.717, 1.165) is 48.5 Å². The van der Waals surface area contributed by atoms with Crippen molar-refractivity contribution in [2.45, 2.75) is 162 Å². The summed E-state index contributed by atoms with van der Waals surface area (Å²) in [5, 5.41) is 23.9. The van der Waals surface area contributed by atoms with E-state index < -0.39 is 34.1 Å². The minimum Gasteiger partial charge on any atom is -0.545 e. The van der Waals surface area contributed by atoms with Crippen molar-refractivity contribution in [3.63, 3.8) is 0 Å². The molecule has 0 amide bonds. The Bertz CT molecular complexity index is 1130. The van der Waals surface area contributed by atoms with Gasteiger partial charge in [-0.25, -0.2) is 0 Å². The van der Waals surface area contributed by atoms with E-state index in [1.54, 1.807) is 0 Å². The third-order valence-corrected chi connectivity index (χ3v) is 10.3. The molecule has 2 aliphatic heterocycles. The Morgan fingerprint density at radius 3 is 0.667 bits per heavy atom. The first kappa shape index (κ1) is 54.9. The van der Waals surface area contributed by atoms with E-state index >= 15 is 0 Å². The van der Waals surface area contributed by atoms with Gasteiger partial charge in [-0.3, -0.25) is 34.4 Å². The molecule has 7 radical (unpaired) electrons. The van der Waals surface area contributed by atoms with Gasteiger partial charge in [0, 0.05) is 32.5 Å². The van der Waals surface area contributed by atoms with E-state index in [1.807, 2.05) is 41.5 Å². The summed E-state index contributed by atoms with van der Waals surface area (Å²) in [7, 11) is 0. The Morgan fingerprint density at radius 2 is 0.588 bits per heavy atom. The van der Waals surface area contributed by atoms with Crippen molar-refractivity contribution in [3.05, 3.63) is 0 Å². The number of carboxylic acid groups (broad SMARTS) is 2. The molecule has 0 unspecified atom stereocenters. The molecule has 2 rings (SSSR count). The largest absolute Gasteiger partial charge is 2.00 e. The average Bonchev–Trinajstić information content (AvgIpc) is 3.69. The third kappa shape index (κ3) is 11.6. The van der Waals surface area contributed by atoms with Crippen LogP contribution in [0.4, 0.5) is 0 Å². The van der Waals surface area contributed by atoms with Crippen LogP contribution in [0.2, 0.25) is 0 Å². The number of rotatable bonds is 10. The molecule has 0 N–H and O–H groups in total. The van der Waals surface area contributed by atoms with Crippen LogP contribution in [0.5, 0.6) is 0 Å². The summed E-state index contributed by atoms with van der Waals surface area (Å²) in [6, 6.07) is 0. The molecule has 0 aliphatic carbocycles. The summed E-state index contributed by atoms with van der Waals surface area (Å²) >= 11 is 0. The summed E-state index contributed by atoms with van der Waals surface area (Å²) in [5.74, 6) is -2.43. The molecule has 0 aromatic carbocycles. The van der Waals surface area contributed by atoms with E-state index in [4.69, 9.17) is 14.4 Å². The van der Waals surface area contributed by atoms with E-state index in [2.05, 4.69) is 123 Å². The maximum Gasteiger partial charge on any atom is 2.00 e. The summed E-state index contributed by atoms with van der Waals surface area (Å²) in [5.41, 5.74) is -1.93. The zero-order chi connectivity index (χ0) is 41.1. The van der Waals surface area contributed by atoms with Crippen molar-refractivity contribution in [3.8, 4) is 0 Å². The van der Waals surface area contributed by atoms with Crippen LogP contribution in [-0.4, -0.2) is 66.5 Å². The Balaban J connectivity index is -0.000000371. The quantitative estimate of drug-likeness (QED) is 0.272. The van der Waals surface area contributed by atoms with Gasteiger partial charge in [-0.2, -0.15) is 0 Å². The fourth-order valence-corrected chi connectivity index (χ4v) is 4.93. The van der Waals surface area contributed by atoms with Gasteiger partial charge >= 0.3 is 17.1 Å². The molecule has 0 fully saturated rings. The standard InChI is InChI=1S/2C18H32N2O2.3CO.Mn/c2*1-10-16(6,7)12-13(17(8,9)11-2)20-18(19-12,14(21)22)15(3,4)5;3*1-2;/h2*10-11H2,1-9H3,(H,21,22);;;;/q;;;;;+2/p-2. The summed E-state index contributed by atoms with van der Waals surface area (Å²) in [6.45, 7) is 49.8. The smallest absolute Gasteiger partial charge is 0.545 e. The molecule has 0 atom stereocenters. The summed E-state index contributed by atoms with van der Waals surface area (Å²) in [4.78, 5) is 65.2. The van der Waals surface area contributed by atoms with E-state index in [9.17, 15) is 19.8 Å². The van der Waals surface area contributed by atoms with Crippen LogP contribution in [0.15, 0.2) is 20.0 Å². The zero-order valence-electron chi connectivity index (χ0n) is 34.4. The molecule has 287 valence electrons. The number of carbonyl (C=O) groups is 2. The number of carboxylic acids is 2. The van der Waals surface area contributed by atoms with Gasteiger partial charge in [-0.1, -0.05) is 125 Å². The molecule has 2 aliphatic rings. The third-order valence-electron chi connectivity index (χ3n) is 10.3. The maximum absolute atomic E-state index is 12.0. The van der Waals surface area contributed by atoms with Crippen molar-refractivity contribution in [1.82, 2.24) is 0 Å². The summed E-state index contributed by atoms with van der Waals surface area (Å²) in [6.07, 6.45) is 3.49. The van der Waals surface area contributed by atoms with Crippen molar-refractivity contribution < 1.29 is 51.3 Å². The first-order valence-corrected chi connectivity index (χ1v) is 17.0. The minimum absolute atomic E-state index is 0. The number of carbonyl (C=O) groups excluding carboxylic acids is 5. The SMILES string of the molecule is CCC(C)(C)C1=NC(C(=O)[O-])(C(C)(C)C)N=C1C(C)(C)CC.CCC(C)(C)C1=NC(C(=O)[O-])(C(C)(C)C)N=C1C(C)(C)CC.[C]=O.[C]=O.[C]=O.[Mn+2].